The first-order valence-electron chi connectivity index (χ1n) is 6.37. The molecule has 0 aromatic carbocycles. The van der Waals surface area contributed by atoms with Crippen LogP contribution < -0.4 is 10.6 Å². The van der Waals surface area contributed by atoms with Gasteiger partial charge in [0.1, 0.15) is 0 Å². The molecule has 0 radical (unpaired) electrons. The molecule has 1 rings (SSSR count). The summed E-state index contributed by atoms with van der Waals surface area (Å²) in [6.07, 6.45) is 3.98. The van der Waals surface area contributed by atoms with Gasteiger partial charge < -0.3 is 10.6 Å². The molecule has 102 valence electrons. The maximum atomic E-state index is 4.40. The molecule has 0 spiro atoms. The molecule has 1 aromatic rings. The Hall–Kier alpha value is -1.10. The average Bonchev–Trinajstić information content (AvgIpc) is 2.74. The SMILES string of the molecule is CCc1cnc(CCNC(=NC)NC(C)(C)C)s1. The van der Waals surface area contributed by atoms with Crippen LogP contribution in [0.25, 0.3) is 0 Å². The van der Waals surface area contributed by atoms with E-state index in [0.717, 1.165) is 25.3 Å². The van der Waals surface area contributed by atoms with Crippen LogP contribution in [0.1, 0.15) is 37.6 Å². The van der Waals surface area contributed by atoms with Crippen molar-refractivity contribution in [3.8, 4) is 0 Å². The fourth-order valence-corrected chi connectivity index (χ4v) is 2.31. The maximum absolute atomic E-state index is 4.40. The number of hydrogen-bond acceptors (Lipinski definition) is 3. The van der Waals surface area contributed by atoms with Crippen molar-refractivity contribution in [2.24, 2.45) is 4.99 Å². The van der Waals surface area contributed by atoms with Crippen molar-refractivity contribution in [2.45, 2.75) is 46.1 Å². The summed E-state index contributed by atoms with van der Waals surface area (Å²) in [4.78, 5) is 9.96. The van der Waals surface area contributed by atoms with E-state index in [2.05, 4.69) is 48.3 Å². The van der Waals surface area contributed by atoms with Crippen molar-refractivity contribution < 1.29 is 0 Å². The third-order valence-electron chi connectivity index (χ3n) is 2.30. The van der Waals surface area contributed by atoms with Crippen molar-refractivity contribution in [3.05, 3.63) is 16.1 Å². The number of nitrogens with zero attached hydrogens (tertiary/aromatic N) is 2. The fraction of sp³-hybridized carbons (Fsp3) is 0.692. The molecule has 0 aliphatic rings. The second-order valence-corrected chi connectivity index (χ2v) is 6.40. The van der Waals surface area contributed by atoms with Gasteiger partial charge in [-0.2, -0.15) is 0 Å². The molecule has 0 atom stereocenters. The van der Waals surface area contributed by atoms with Crippen molar-refractivity contribution in [1.29, 1.82) is 0 Å². The third-order valence-corrected chi connectivity index (χ3v) is 3.50. The smallest absolute Gasteiger partial charge is 0.191 e. The van der Waals surface area contributed by atoms with E-state index in [4.69, 9.17) is 0 Å². The lowest BCUT2D eigenvalue weighted by molar-refractivity contribution is 0.501. The molecule has 5 heteroatoms. The molecule has 0 aliphatic heterocycles. The van der Waals surface area contributed by atoms with Gasteiger partial charge in [0.2, 0.25) is 0 Å². The zero-order chi connectivity index (χ0) is 13.6. The van der Waals surface area contributed by atoms with Crippen LogP contribution in [0.15, 0.2) is 11.2 Å². The quantitative estimate of drug-likeness (QED) is 0.650. The van der Waals surface area contributed by atoms with E-state index < -0.39 is 0 Å². The second kappa shape index (κ2) is 6.73. The van der Waals surface area contributed by atoms with Gasteiger partial charge in [-0.05, 0) is 27.2 Å². The van der Waals surface area contributed by atoms with Gasteiger partial charge in [-0.15, -0.1) is 11.3 Å². The van der Waals surface area contributed by atoms with Crippen LogP contribution in [-0.4, -0.2) is 30.1 Å². The van der Waals surface area contributed by atoms with E-state index in [0.29, 0.717) is 0 Å². The molecule has 0 unspecified atom stereocenters. The van der Waals surface area contributed by atoms with Crippen LogP contribution in [-0.2, 0) is 12.8 Å². The zero-order valence-corrected chi connectivity index (χ0v) is 12.8. The molecular formula is C13H24N4S. The minimum absolute atomic E-state index is 0.0262. The molecule has 2 N–H and O–H groups in total. The van der Waals surface area contributed by atoms with Crippen molar-refractivity contribution >= 4 is 17.3 Å². The fourth-order valence-electron chi connectivity index (χ4n) is 1.45. The Kier molecular flexibility index (Phi) is 5.59. The standard InChI is InChI=1S/C13H24N4S/c1-6-10-9-16-11(18-10)7-8-15-12(14-5)17-13(2,3)4/h9H,6-8H2,1-5H3,(H2,14,15,17). The number of rotatable bonds is 4. The largest absolute Gasteiger partial charge is 0.356 e. The van der Waals surface area contributed by atoms with Gasteiger partial charge in [0.25, 0.3) is 0 Å². The monoisotopic (exact) mass is 268 g/mol. The Labute approximate surface area is 114 Å². The number of aromatic nitrogens is 1. The van der Waals surface area contributed by atoms with Crippen LogP contribution in [0, 0.1) is 0 Å². The molecule has 0 aliphatic carbocycles. The van der Waals surface area contributed by atoms with Crippen molar-refractivity contribution in [3.63, 3.8) is 0 Å². The van der Waals surface area contributed by atoms with E-state index in [1.165, 1.54) is 9.88 Å². The summed E-state index contributed by atoms with van der Waals surface area (Å²) in [6, 6.07) is 0. The summed E-state index contributed by atoms with van der Waals surface area (Å²) >= 11 is 1.79. The van der Waals surface area contributed by atoms with Crippen LogP contribution in [0.2, 0.25) is 0 Å². The summed E-state index contributed by atoms with van der Waals surface area (Å²) in [5, 5.41) is 7.82. The van der Waals surface area contributed by atoms with Crippen molar-refractivity contribution in [1.82, 2.24) is 15.6 Å². The first-order chi connectivity index (χ1) is 8.44. The van der Waals surface area contributed by atoms with Gasteiger partial charge in [0.15, 0.2) is 5.96 Å². The lowest BCUT2D eigenvalue weighted by atomic mass is 10.1. The van der Waals surface area contributed by atoms with Gasteiger partial charge in [-0.3, -0.25) is 4.99 Å². The number of nitrogens with one attached hydrogen (secondary N) is 2. The molecule has 0 bridgehead atoms. The highest BCUT2D eigenvalue weighted by Gasteiger charge is 2.11. The summed E-state index contributed by atoms with van der Waals surface area (Å²) in [5.41, 5.74) is 0.0262. The average molecular weight is 268 g/mol. The molecule has 18 heavy (non-hydrogen) atoms. The van der Waals surface area contributed by atoms with Crippen molar-refractivity contribution in [2.75, 3.05) is 13.6 Å². The van der Waals surface area contributed by atoms with Gasteiger partial charge in [0, 0.05) is 36.6 Å². The zero-order valence-electron chi connectivity index (χ0n) is 12.0. The number of guanidine groups is 1. The number of thiazole rings is 1. The first-order valence-corrected chi connectivity index (χ1v) is 7.18. The topological polar surface area (TPSA) is 49.3 Å². The van der Waals surface area contributed by atoms with E-state index in [1.807, 2.05) is 6.20 Å². The molecule has 0 amide bonds. The van der Waals surface area contributed by atoms with E-state index >= 15 is 0 Å². The summed E-state index contributed by atoms with van der Waals surface area (Å²) < 4.78 is 0. The Morgan fingerprint density at radius 2 is 2.17 bits per heavy atom. The van der Waals surface area contributed by atoms with Crippen LogP contribution in [0.4, 0.5) is 0 Å². The van der Waals surface area contributed by atoms with Crippen LogP contribution in [0.5, 0.6) is 0 Å². The van der Waals surface area contributed by atoms with Gasteiger partial charge in [0.05, 0.1) is 5.01 Å². The lowest BCUT2D eigenvalue weighted by Gasteiger charge is -2.23. The molecule has 0 saturated carbocycles. The van der Waals surface area contributed by atoms with E-state index in [1.54, 1.807) is 18.4 Å². The summed E-state index contributed by atoms with van der Waals surface area (Å²) in [7, 11) is 1.79. The summed E-state index contributed by atoms with van der Waals surface area (Å²) in [5.74, 6) is 0.842. The molecular weight excluding hydrogens is 244 g/mol. The highest BCUT2D eigenvalue weighted by atomic mass is 32.1. The predicted octanol–water partition coefficient (Wildman–Crippen LogP) is 2.21. The van der Waals surface area contributed by atoms with Gasteiger partial charge in [-0.25, -0.2) is 4.98 Å². The normalized spacial score (nSPS) is 12.6. The van der Waals surface area contributed by atoms with Gasteiger partial charge >= 0.3 is 0 Å². The first kappa shape index (κ1) is 15.0. The molecule has 0 fully saturated rings. The molecule has 1 aromatic heterocycles. The third kappa shape index (κ3) is 5.49. The van der Waals surface area contributed by atoms with Gasteiger partial charge in [-0.1, -0.05) is 6.92 Å². The highest BCUT2D eigenvalue weighted by Crippen LogP contribution is 2.13. The lowest BCUT2D eigenvalue weighted by Crippen LogP contribution is -2.48. The molecule has 1 heterocycles. The maximum Gasteiger partial charge on any atom is 0.191 e. The van der Waals surface area contributed by atoms with E-state index in [-0.39, 0.29) is 5.54 Å². The van der Waals surface area contributed by atoms with Crippen LogP contribution in [0.3, 0.4) is 0 Å². The summed E-state index contributed by atoms with van der Waals surface area (Å²) in [6.45, 7) is 9.37. The number of aliphatic imine (C=N–C) groups is 1. The number of hydrogen-bond donors (Lipinski definition) is 2. The predicted molar refractivity (Wildman–Crippen MR) is 79.4 cm³/mol. The number of aryl methyl sites for hydroxylation is 1. The Balaban J connectivity index is 2.36. The minimum Gasteiger partial charge on any atom is -0.356 e. The highest BCUT2D eigenvalue weighted by molar-refractivity contribution is 7.11. The minimum atomic E-state index is 0.0262. The van der Waals surface area contributed by atoms with E-state index in [9.17, 15) is 0 Å². The second-order valence-electron chi connectivity index (χ2n) is 5.20. The molecule has 0 saturated heterocycles. The van der Waals surface area contributed by atoms with Crippen LogP contribution >= 0.6 is 11.3 Å². The Morgan fingerprint density at radius 1 is 1.44 bits per heavy atom. The molecule has 4 nitrogen and oxygen atoms in total. The Bertz CT molecular complexity index is 390. The Morgan fingerprint density at radius 3 is 2.67 bits per heavy atom.